The van der Waals surface area contributed by atoms with E-state index in [4.69, 9.17) is 0 Å². The van der Waals surface area contributed by atoms with Crippen molar-refractivity contribution in [2.75, 3.05) is 0 Å². The van der Waals surface area contributed by atoms with Gasteiger partial charge in [-0.3, -0.25) is 4.68 Å². The minimum absolute atomic E-state index is 0.759. The summed E-state index contributed by atoms with van der Waals surface area (Å²) in [4.78, 5) is 0.784. The van der Waals surface area contributed by atoms with Gasteiger partial charge in [-0.2, -0.15) is 14.7 Å². The van der Waals surface area contributed by atoms with Crippen molar-refractivity contribution in [3.63, 3.8) is 0 Å². The van der Waals surface area contributed by atoms with Gasteiger partial charge in [-0.25, -0.2) is 0 Å². The Morgan fingerprint density at radius 2 is 1.86 bits per heavy atom. The highest BCUT2D eigenvalue weighted by Crippen LogP contribution is 2.29. The quantitative estimate of drug-likeness (QED) is 0.570. The Hall–Kier alpha value is -2.54. The molecule has 4 rings (SSSR count). The molecule has 0 bridgehead atoms. The molecule has 0 aliphatic heterocycles. The van der Waals surface area contributed by atoms with Gasteiger partial charge in [0.15, 0.2) is 10.8 Å². The van der Waals surface area contributed by atoms with E-state index in [2.05, 4.69) is 20.4 Å². The monoisotopic (exact) mass is 296 g/mol. The topological polar surface area (TPSA) is 60.9 Å². The molecule has 21 heavy (non-hydrogen) atoms. The van der Waals surface area contributed by atoms with E-state index in [1.165, 1.54) is 11.3 Å². The minimum Gasteiger partial charge on any atom is -0.275 e. The molecular weight excluding hydrogens is 284 g/mol. The molecule has 0 fully saturated rings. The Bertz CT molecular complexity index is 918. The molecule has 104 valence electrons. The standard InChI is InChI=1S/C14H12N6S/c1-9-11(8-19(2)17-9)13-18-20-12(15-16-14(20)21-13)10-6-4-3-5-7-10/h3-8H,1-2H3. The highest BCUT2D eigenvalue weighted by molar-refractivity contribution is 7.19. The third kappa shape index (κ3) is 1.93. The lowest BCUT2D eigenvalue weighted by atomic mass is 10.2. The summed E-state index contributed by atoms with van der Waals surface area (Å²) in [6.45, 7) is 1.98. The van der Waals surface area contributed by atoms with Crippen LogP contribution in [0.15, 0.2) is 36.5 Å². The maximum atomic E-state index is 4.65. The van der Waals surface area contributed by atoms with Crippen LogP contribution in [0.4, 0.5) is 0 Å². The van der Waals surface area contributed by atoms with Crippen LogP contribution in [0.25, 0.3) is 26.9 Å². The van der Waals surface area contributed by atoms with Crippen LogP contribution >= 0.6 is 11.3 Å². The van der Waals surface area contributed by atoms with Crippen LogP contribution in [0.3, 0.4) is 0 Å². The van der Waals surface area contributed by atoms with Crippen molar-refractivity contribution in [3.8, 4) is 22.0 Å². The van der Waals surface area contributed by atoms with E-state index in [9.17, 15) is 0 Å². The molecule has 0 spiro atoms. The Labute approximate surface area is 124 Å². The molecule has 0 unspecified atom stereocenters. The van der Waals surface area contributed by atoms with Gasteiger partial charge in [0, 0.05) is 18.8 Å². The summed E-state index contributed by atoms with van der Waals surface area (Å²) in [5, 5.41) is 18.4. The molecule has 0 aliphatic rings. The van der Waals surface area contributed by atoms with E-state index >= 15 is 0 Å². The van der Waals surface area contributed by atoms with Gasteiger partial charge in [0.25, 0.3) is 0 Å². The zero-order valence-corrected chi connectivity index (χ0v) is 12.4. The first kappa shape index (κ1) is 12.2. The van der Waals surface area contributed by atoms with Crippen molar-refractivity contribution >= 4 is 16.3 Å². The van der Waals surface area contributed by atoms with Crippen molar-refractivity contribution in [2.45, 2.75) is 6.92 Å². The van der Waals surface area contributed by atoms with E-state index in [0.717, 1.165) is 32.6 Å². The van der Waals surface area contributed by atoms with Gasteiger partial charge in [0.1, 0.15) is 0 Å². The van der Waals surface area contributed by atoms with E-state index < -0.39 is 0 Å². The third-order valence-electron chi connectivity index (χ3n) is 3.27. The molecule has 0 radical (unpaired) electrons. The number of hydrogen-bond donors (Lipinski definition) is 0. The van der Waals surface area contributed by atoms with Crippen molar-refractivity contribution in [2.24, 2.45) is 7.05 Å². The molecule has 3 aromatic heterocycles. The minimum atomic E-state index is 0.759. The Morgan fingerprint density at radius 3 is 2.57 bits per heavy atom. The number of hydrogen-bond acceptors (Lipinski definition) is 5. The number of aromatic nitrogens is 6. The van der Waals surface area contributed by atoms with E-state index in [1.807, 2.05) is 50.5 Å². The van der Waals surface area contributed by atoms with Gasteiger partial charge < -0.3 is 0 Å². The van der Waals surface area contributed by atoms with E-state index in [1.54, 1.807) is 9.20 Å². The Balaban J connectivity index is 1.88. The summed E-state index contributed by atoms with van der Waals surface area (Å²) in [5.74, 6) is 0.759. The summed E-state index contributed by atoms with van der Waals surface area (Å²) in [6.07, 6.45) is 1.98. The van der Waals surface area contributed by atoms with Gasteiger partial charge in [0.2, 0.25) is 4.96 Å². The van der Waals surface area contributed by atoms with Crippen molar-refractivity contribution in [1.29, 1.82) is 0 Å². The first-order valence-corrected chi connectivity index (χ1v) is 7.32. The number of benzene rings is 1. The fourth-order valence-electron chi connectivity index (χ4n) is 2.30. The molecular formula is C14H12N6S. The van der Waals surface area contributed by atoms with Crippen LogP contribution in [0, 0.1) is 6.92 Å². The molecule has 0 saturated carbocycles. The molecule has 0 aliphatic carbocycles. The van der Waals surface area contributed by atoms with Gasteiger partial charge in [0.05, 0.1) is 11.3 Å². The summed E-state index contributed by atoms with van der Waals surface area (Å²) in [6, 6.07) is 9.95. The second-order valence-electron chi connectivity index (χ2n) is 4.79. The van der Waals surface area contributed by atoms with Crippen LogP contribution < -0.4 is 0 Å². The summed E-state index contributed by atoms with van der Waals surface area (Å²) < 4.78 is 3.59. The van der Waals surface area contributed by atoms with Crippen LogP contribution in [-0.4, -0.2) is 29.6 Å². The Morgan fingerprint density at radius 1 is 1.05 bits per heavy atom. The first-order chi connectivity index (χ1) is 10.2. The van der Waals surface area contributed by atoms with Crippen LogP contribution in [0.1, 0.15) is 5.69 Å². The lowest BCUT2D eigenvalue weighted by Gasteiger charge is -1.95. The predicted molar refractivity (Wildman–Crippen MR) is 81.0 cm³/mol. The first-order valence-electron chi connectivity index (χ1n) is 6.50. The predicted octanol–water partition coefficient (Wildman–Crippen LogP) is 2.56. The van der Waals surface area contributed by atoms with Crippen molar-refractivity contribution in [1.82, 2.24) is 29.6 Å². The van der Waals surface area contributed by atoms with Crippen LogP contribution in [-0.2, 0) is 7.05 Å². The lowest BCUT2D eigenvalue weighted by molar-refractivity contribution is 0.756. The highest BCUT2D eigenvalue weighted by Gasteiger charge is 2.16. The lowest BCUT2D eigenvalue weighted by Crippen LogP contribution is -1.90. The molecule has 0 saturated heterocycles. The number of rotatable bonds is 2. The molecule has 0 atom stereocenters. The SMILES string of the molecule is Cc1nn(C)cc1-c1nn2c(-c3ccccc3)nnc2s1. The van der Waals surface area contributed by atoms with Crippen LogP contribution in [0.5, 0.6) is 0 Å². The number of aryl methyl sites for hydroxylation is 2. The van der Waals surface area contributed by atoms with E-state index in [0.29, 0.717) is 0 Å². The zero-order valence-electron chi connectivity index (χ0n) is 11.6. The molecule has 6 nitrogen and oxygen atoms in total. The van der Waals surface area contributed by atoms with Gasteiger partial charge in [-0.05, 0) is 6.92 Å². The Kier molecular flexibility index (Phi) is 2.61. The molecule has 0 N–H and O–H groups in total. The molecule has 3 heterocycles. The number of nitrogens with zero attached hydrogens (tertiary/aromatic N) is 6. The largest absolute Gasteiger partial charge is 0.275 e. The summed E-state index contributed by atoms with van der Waals surface area (Å²) in [7, 11) is 1.91. The molecule has 4 aromatic rings. The maximum Gasteiger partial charge on any atom is 0.235 e. The molecule has 7 heteroatoms. The zero-order chi connectivity index (χ0) is 14.4. The van der Waals surface area contributed by atoms with Gasteiger partial charge in [-0.1, -0.05) is 41.7 Å². The average molecular weight is 296 g/mol. The third-order valence-corrected chi connectivity index (χ3v) is 4.20. The molecule has 1 aromatic carbocycles. The molecule has 0 amide bonds. The maximum absolute atomic E-state index is 4.65. The van der Waals surface area contributed by atoms with E-state index in [-0.39, 0.29) is 0 Å². The van der Waals surface area contributed by atoms with Crippen molar-refractivity contribution in [3.05, 3.63) is 42.2 Å². The van der Waals surface area contributed by atoms with Gasteiger partial charge >= 0.3 is 0 Å². The fraction of sp³-hybridized carbons (Fsp3) is 0.143. The highest BCUT2D eigenvalue weighted by atomic mass is 32.1. The fourth-order valence-corrected chi connectivity index (χ4v) is 3.20. The smallest absolute Gasteiger partial charge is 0.235 e. The second kappa shape index (κ2) is 4.49. The summed E-state index contributed by atoms with van der Waals surface area (Å²) >= 11 is 1.52. The summed E-state index contributed by atoms with van der Waals surface area (Å²) in [5.41, 5.74) is 3.00. The van der Waals surface area contributed by atoms with Gasteiger partial charge in [-0.15, -0.1) is 10.2 Å². The number of fused-ring (bicyclic) bond motifs is 1. The normalized spacial score (nSPS) is 11.3. The van der Waals surface area contributed by atoms with Crippen molar-refractivity contribution < 1.29 is 0 Å². The second-order valence-corrected chi connectivity index (χ2v) is 5.75. The average Bonchev–Trinajstić information content (AvgIpc) is 3.13. The van der Waals surface area contributed by atoms with Crippen LogP contribution in [0.2, 0.25) is 0 Å².